The number of rotatable bonds is 4. The molecule has 0 saturated heterocycles. The Hall–Kier alpha value is -2.76. The van der Waals surface area contributed by atoms with Crippen molar-refractivity contribution in [3.8, 4) is 5.88 Å². The molecule has 0 atom stereocenters. The van der Waals surface area contributed by atoms with Crippen molar-refractivity contribution in [2.75, 3.05) is 16.8 Å². The molecule has 0 spiro atoms. The van der Waals surface area contributed by atoms with E-state index in [1.54, 1.807) is 36.5 Å². The summed E-state index contributed by atoms with van der Waals surface area (Å²) in [6.07, 6.45) is 1.56. The summed E-state index contributed by atoms with van der Waals surface area (Å²) in [6, 6.07) is 8.19. The zero-order valence-corrected chi connectivity index (χ0v) is 12.0. The van der Waals surface area contributed by atoms with Gasteiger partial charge in [0.2, 0.25) is 5.88 Å². The molecule has 2 rings (SSSR count). The fourth-order valence-corrected chi connectivity index (χ4v) is 1.78. The number of ether oxygens (including phenoxy) is 1. The predicted molar refractivity (Wildman–Crippen MR) is 83.2 cm³/mol. The summed E-state index contributed by atoms with van der Waals surface area (Å²) in [5.41, 5.74) is 13.1. The first-order chi connectivity index (χ1) is 9.97. The van der Waals surface area contributed by atoms with E-state index in [1.807, 2.05) is 13.8 Å². The van der Waals surface area contributed by atoms with E-state index in [9.17, 15) is 4.79 Å². The highest BCUT2D eigenvalue weighted by atomic mass is 16.5. The zero-order chi connectivity index (χ0) is 15.4. The number of nitrogens with zero attached hydrogens (tertiary/aromatic N) is 1. The Labute approximate surface area is 123 Å². The highest BCUT2D eigenvalue weighted by Gasteiger charge is 2.14. The van der Waals surface area contributed by atoms with Crippen LogP contribution in [-0.4, -0.2) is 17.0 Å². The van der Waals surface area contributed by atoms with Crippen molar-refractivity contribution in [2.45, 2.75) is 20.0 Å². The van der Waals surface area contributed by atoms with Gasteiger partial charge in [-0.3, -0.25) is 4.79 Å². The van der Waals surface area contributed by atoms with E-state index >= 15 is 0 Å². The lowest BCUT2D eigenvalue weighted by Gasteiger charge is -2.14. The molecule has 0 bridgehead atoms. The van der Waals surface area contributed by atoms with E-state index in [-0.39, 0.29) is 12.0 Å². The molecule has 0 saturated carbocycles. The van der Waals surface area contributed by atoms with Gasteiger partial charge in [-0.05, 0) is 44.2 Å². The van der Waals surface area contributed by atoms with Crippen molar-refractivity contribution in [3.63, 3.8) is 0 Å². The second-order valence-corrected chi connectivity index (χ2v) is 4.82. The van der Waals surface area contributed by atoms with Crippen LogP contribution in [-0.2, 0) is 0 Å². The fraction of sp³-hybridized carbons (Fsp3) is 0.200. The number of nitrogen functional groups attached to an aromatic ring is 2. The van der Waals surface area contributed by atoms with Crippen molar-refractivity contribution >= 4 is 23.0 Å². The minimum atomic E-state index is -0.339. The summed E-state index contributed by atoms with van der Waals surface area (Å²) < 4.78 is 5.55. The van der Waals surface area contributed by atoms with Crippen LogP contribution < -0.4 is 21.5 Å². The van der Waals surface area contributed by atoms with E-state index in [1.165, 1.54) is 0 Å². The Bertz CT molecular complexity index is 656. The van der Waals surface area contributed by atoms with E-state index in [4.69, 9.17) is 16.2 Å². The molecule has 1 heterocycles. The molecule has 0 fully saturated rings. The number of benzene rings is 1. The number of hydrogen-bond donors (Lipinski definition) is 3. The van der Waals surface area contributed by atoms with Gasteiger partial charge >= 0.3 is 0 Å². The van der Waals surface area contributed by atoms with E-state index in [0.717, 1.165) is 0 Å². The van der Waals surface area contributed by atoms with Crippen LogP contribution in [0.4, 0.5) is 17.1 Å². The minimum Gasteiger partial charge on any atom is -0.473 e. The molecule has 1 amide bonds. The number of aromatic nitrogens is 1. The van der Waals surface area contributed by atoms with Gasteiger partial charge in [-0.1, -0.05) is 0 Å². The number of carbonyl (C=O) groups is 1. The highest BCUT2D eigenvalue weighted by Crippen LogP contribution is 2.24. The van der Waals surface area contributed by atoms with Crippen molar-refractivity contribution in [2.24, 2.45) is 0 Å². The topological polar surface area (TPSA) is 103 Å². The summed E-state index contributed by atoms with van der Waals surface area (Å²) >= 11 is 0. The lowest BCUT2D eigenvalue weighted by atomic mass is 10.1. The molecule has 0 aliphatic rings. The van der Waals surface area contributed by atoms with Gasteiger partial charge in [-0.15, -0.1) is 0 Å². The summed E-state index contributed by atoms with van der Waals surface area (Å²) in [6.45, 7) is 3.77. The molecule has 1 aromatic carbocycles. The Balaban J connectivity index is 2.23. The monoisotopic (exact) mass is 286 g/mol. The second-order valence-electron chi connectivity index (χ2n) is 4.82. The summed E-state index contributed by atoms with van der Waals surface area (Å²) in [7, 11) is 0. The van der Waals surface area contributed by atoms with Gasteiger partial charge in [-0.25, -0.2) is 4.98 Å². The Morgan fingerprint density at radius 2 is 2.05 bits per heavy atom. The standard InChI is InChI=1S/C15H18N4O2/c1-9(2)21-15-13(4-3-7-18-15)19-14(20)11-6-5-10(16)8-12(11)17/h3-9H,16-17H2,1-2H3,(H,19,20). The molecular weight excluding hydrogens is 268 g/mol. The first-order valence-corrected chi connectivity index (χ1v) is 6.55. The number of anilines is 3. The van der Waals surface area contributed by atoms with Crippen LogP contribution in [0, 0.1) is 0 Å². The molecule has 2 aromatic rings. The lowest BCUT2D eigenvalue weighted by molar-refractivity contribution is 0.102. The van der Waals surface area contributed by atoms with E-state index in [0.29, 0.717) is 28.5 Å². The Kier molecular flexibility index (Phi) is 4.27. The second kappa shape index (κ2) is 6.13. The number of hydrogen-bond acceptors (Lipinski definition) is 5. The lowest BCUT2D eigenvalue weighted by Crippen LogP contribution is -2.16. The Morgan fingerprint density at radius 3 is 2.71 bits per heavy atom. The van der Waals surface area contributed by atoms with Crippen LogP contribution in [0.25, 0.3) is 0 Å². The third-order valence-corrected chi connectivity index (χ3v) is 2.69. The van der Waals surface area contributed by atoms with Gasteiger partial charge in [0.1, 0.15) is 5.69 Å². The van der Waals surface area contributed by atoms with Crippen molar-refractivity contribution in [1.82, 2.24) is 4.98 Å². The first-order valence-electron chi connectivity index (χ1n) is 6.55. The molecule has 110 valence electrons. The van der Waals surface area contributed by atoms with Crippen LogP contribution in [0.1, 0.15) is 24.2 Å². The quantitative estimate of drug-likeness (QED) is 0.748. The number of carbonyl (C=O) groups excluding carboxylic acids is 1. The molecule has 0 aliphatic heterocycles. The molecule has 0 aliphatic carbocycles. The minimum absolute atomic E-state index is 0.0443. The molecular formula is C15H18N4O2. The Morgan fingerprint density at radius 1 is 1.29 bits per heavy atom. The molecule has 0 unspecified atom stereocenters. The van der Waals surface area contributed by atoms with Gasteiger partial charge in [0.15, 0.2) is 0 Å². The molecule has 5 N–H and O–H groups in total. The van der Waals surface area contributed by atoms with Gasteiger partial charge in [-0.2, -0.15) is 0 Å². The van der Waals surface area contributed by atoms with Gasteiger partial charge in [0.05, 0.1) is 11.7 Å². The third kappa shape index (κ3) is 3.62. The van der Waals surface area contributed by atoms with E-state index < -0.39 is 0 Å². The number of pyridine rings is 1. The first kappa shape index (κ1) is 14.6. The number of amides is 1. The zero-order valence-electron chi connectivity index (χ0n) is 12.0. The normalized spacial score (nSPS) is 10.4. The predicted octanol–water partition coefficient (Wildman–Crippen LogP) is 2.29. The van der Waals surface area contributed by atoms with Gasteiger partial charge in [0, 0.05) is 17.6 Å². The number of nitrogens with one attached hydrogen (secondary N) is 1. The van der Waals surface area contributed by atoms with Crippen molar-refractivity contribution < 1.29 is 9.53 Å². The average Bonchev–Trinajstić information content (AvgIpc) is 2.40. The molecule has 21 heavy (non-hydrogen) atoms. The van der Waals surface area contributed by atoms with Gasteiger partial charge < -0.3 is 21.5 Å². The fourth-order valence-electron chi connectivity index (χ4n) is 1.78. The van der Waals surface area contributed by atoms with Crippen molar-refractivity contribution in [1.29, 1.82) is 0 Å². The SMILES string of the molecule is CC(C)Oc1ncccc1NC(=O)c1ccc(N)cc1N. The van der Waals surface area contributed by atoms with Crippen LogP contribution in [0.2, 0.25) is 0 Å². The average molecular weight is 286 g/mol. The summed E-state index contributed by atoms with van der Waals surface area (Å²) in [5, 5.41) is 2.75. The van der Waals surface area contributed by atoms with Crippen LogP contribution >= 0.6 is 0 Å². The number of nitrogens with two attached hydrogens (primary N) is 2. The molecule has 6 heteroatoms. The largest absolute Gasteiger partial charge is 0.473 e. The smallest absolute Gasteiger partial charge is 0.257 e. The van der Waals surface area contributed by atoms with Crippen molar-refractivity contribution in [3.05, 3.63) is 42.1 Å². The summed E-state index contributed by atoms with van der Waals surface area (Å²) in [5.74, 6) is 0.0315. The maximum absolute atomic E-state index is 12.3. The maximum atomic E-state index is 12.3. The summed E-state index contributed by atoms with van der Waals surface area (Å²) in [4.78, 5) is 16.4. The third-order valence-electron chi connectivity index (χ3n) is 2.69. The van der Waals surface area contributed by atoms with Crippen LogP contribution in [0.5, 0.6) is 5.88 Å². The maximum Gasteiger partial charge on any atom is 0.257 e. The van der Waals surface area contributed by atoms with Crippen LogP contribution in [0.15, 0.2) is 36.5 Å². The van der Waals surface area contributed by atoms with Crippen LogP contribution in [0.3, 0.4) is 0 Å². The van der Waals surface area contributed by atoms with E-state index in [2.05, 4.69) is 10.3 Å². The molecule has 0 radical (unpaired) electrons. The highest BCUT2D eigenvalue weighted by molar-refractivity contribution is 6.08. The van der Waals surface area contributed by atoms with Gasteiger partial charge in [0.25, 0.3) is 5.91 Å². The molecule has 1 aromatic heterocycles. The molecule has 6 nitrogen and oxygen atoms in total.